The molecule has 0 atom stereocenters. The summed E-state index contributed by atoms with van der Waals surface area (Å²) in [4.78, 5) is 33.4. The molecule has 1 amide bonds. The first-order valence-electron chi connectivity index (χ1n) is 12.0. The smallest absolute Gasteiger partial charge is 0.309 e. The van der Waals surface area contributed by atoms with E-state index in [4.69, 9.17) is 0 Å². The number of aryl methyl sites for hydroxylation is 2. The number of fused-ring (bicyclic) bond motifs is 4. The number of rotatable bonds is 7. The second-order valence-corrected chi connectivity index (χ2v) is 10.3. The Bertz CT molecular complexity index is 1290. The molecule has 3 saturated carbocycles. The van der Waals surface area contributed by atoms with Gasteiger partial charge in [0, 0.05) is 26.3 Å². The first-order chi connectivity index (χ1) is 16.7. The van der Waals surface area contributed by atoms with Gasteiger partial charge >= 0.3 is 5.97 Å². The van der Waals surface area contributed by atoms with E-state index < -0.39 is 11.4 Å². The van der Waals surface area contributed by atoms with Crippen molar-refractivity contribution < 1.29 is 19.1 Å². The fourth-order valence-electron chi connectivity index (χ4n) is 5.74. The fourth-order valence-corrected chi connectivity index (χ4v) is 5.74. The van der Waals surface area contributed by atoms with Gasteiger partial charge < -0.3 is 20.3 Å². The minimum absolute atomic E-state index is 0.0971. The molecule has 184 valence electrons. The van der Waals surface area contributed by atoms with Crippen molar-refractivity contribution in [2.24, 2.45) is 17.9 Å². The summed E-state index contributed by atoms with van der Waals surface area (Å²) in [7, 11) is 1.86. The summed E-state index contributed by atoms with van der Waals surface area (Å²) in [5, 5.41) is 16.1. The van der Waals surface area contributed by atoms with Crippen LogP contribution in [0.5, 0.6) is 0 Å². The maximum atomic E-state index is 13.5. The molecular formula is C26H30FN5O3. The fraction of sp³-hybridized carbons (Fsp3) is 0.462. The third kappa shape index (κ3) is 4.13. The number of amides is 1. The minimum atomic E-state index is -0.648. The van der Waals surface area contributed by atoms with E-state index in [0.29, 0.717) is 16.6 Å². The van der Waals surface area contributed by atoms with Crippen molar-refractivity contribution in [3.63, 3.8) is 0 Å². The highest BCUT2D eigenvalue weighted by Gasteiger charge is 2.52. The maximum Gasteiger partial charge on any atom is 0.309 e. The van der Waals surface area contributed by atoms with Crippen molar-refractivity contribution in [3.05, 3.63) is 53.4 Å². The Morgan fingerprint density at radius 1 is 1.14 bits per heavy atom. The van der Waals surface area contributed by atoms with Crippen LogP contribution in [0.2, 0.25) is 0 Å². The molecule has 8 nitrogen and oxygen atoms in total. The molecule has 0 unspecified atom stereocenters. The van der Waals surface area contributed by atoms with Crippen molar-refractivity contribution >= 4 is 28.6 Å². The highest BCUT2D eigenvalue weighted by atomic mass is 19.1. The predicted octanol–water partition coefficient (Wildman–Crippen LogP) is 4.18. The number of carboxylic acids is 1. The molecular weight excluding hydrogens is 449 g/mol. The standard InChI is InChI=1S/C26H30FN5O3/c1-16-11-17(3-4-18(16)27)12-28-23(33)21-22-20(30-15-31-21)19(13-32(22)2)29-14-25-5-8-26(9-6-25,10-7-25)24(34)35/h3-4,11,13,15,29H,5-10,12,14H2,1-2H3,(H,28,33)(H,34,35). The number of nitrogens with one attached hydrogen (secondary N) is 2. The Morgan fingerprint density at radius 2 is 1.86 bits per heavy atom. The van der Waals surface area contributed by atoms with Crippen LogP contribution in [0.1, 0.15) is 60.1 Å². The number of anilines is 1. The van der Waals surface area contributed by atoms with E-state index in [0.717, 1.165) is 56.3 Å². The average Bonchev–Trinajstić information content (AvgIpc) is 3.20. The Labute approximate surface area is 203 Å². The van der Waals surface area contributed by atoms with Crippen LogP contribution in [0.15, 0.2) is 30.7 Å². The molecule has 6 rings (SSSR count). The lowest BCUT2D eigenvalue weighted by atomic mass is 9.53. The number of aromatic nitrogens is 3. The topological polar surface area (TPSA) is 109 Å². The first kappa shape index (κ1) is 23.3. The lowest BCUT2D eigenvalue weighted by Crippen LogP contribution is -2.48. The molecule has 3 N–H and O–H groups in total. The Kier molecular flexibility index (Phi) is 5.73. The zero-order valence-electron chi connectivity index (χ0n) is 20.0. The number of benzene rings is 1. The summed E-state index contributed by atoms with van der Waals surface area (Å²) in [5.41, 5.74) is 3.34. The summed E-state index contributed by atoms with van der Waals surface area (Å²) in [5.74, 6) is -1.25. The SMILES string of the molecule is Cc1cc(CNC(=O)c2ncnc3c(NCC45CCC(C(=O)O)(CC4)CC5)cn(C)c23)ccc1F. The molecule has 2 aromatic heterocycles. The first-order valence-corrected chi connectivity index (χ1v) is 12.0. The number of aliphatic carboxylic acids is 1. The van der Waals surface area contributed by atoms with Gasteiger partial charge in [-0.2, -0.15) is 0 Å². The van der Waals surface area contributed by atoms with Crippen LogP contribution in [0, 0.1) is 23.6 Å². The highest BCUT2D eigenvalue weighted by molar-refractivity contribution is 6.06. The third-order valence-electron chi connectivity index (χ3n) is 8.15. The van der Waals surface area contributed by atoms with Gasteiger partial charge in [-0.15, -0.1) is 0 Å². The van der Waals surface area contributed by atoms with E-state index >= 15 is 0 Å². The van der Waals surface area contributed by atoms with Crippen LogP contribution in [-0.2, 0) is 18.4 Å². The molecule has 1 aromatic carbocycles. The van der Waals surface area contributed by atoms with E-state index in [1.165, 1.54) is 12.4 Å². The summed E-state index contributed by atoms with van der Waals surface area (Å²) in [6.07, 6.45) is 8.24. The number of nitrogens with zero attached hydrogens (tertiary/aromatic N) is 3. The Balaban J connectivity index is 1.31. The number of halogens is 1. The zero-order valence-corrected chi connectivity index (χ0v) is 20.0. The number of carbonyl (C=O) groups is 2. The van der Waals surface area contributed by atoms with Gasteiger partial charge in [0.25, 0.3) is 5.91 Å². The van der Waals surface area contributed by atoms with Crippen molar-refractivity contribution in [2.45, 2.75) is 52.0 Å². The van der Waals surface area contributed by atoms with E-state index in [1.807, 2.05) is 17.8 Å². The van der Waals surface area contributed by atoms with Gasteiger partial charge in [-0.1, -0.05) is 12.1 Å². The van der Waals surface area contributed by atoms with Crippen LogP contribution >= 0.6 is 0 Å². The van der Waals surface area contributed by atoms with E-state index in [2.05, 4.69) is 20.6 Å². The molecule has 3 aliphatic carbocycles. The molecule has 35 heavy (non-hydrogen) atoms. The zero-order chi connectivity index (χ0) is 24.8. The summed E-state index contributed by atoms with van der Waals surface area (Å²) >= 11 is 0. The van der Waals surface area contributed by atoms with E-state index in [9.17, 15) is 19.1 Å². The molecule has 3 fully saturated rings. The Hall–Kier alpha value is -3.49. The predicted molar refractivity (Wildman–Crippen MR) is 130 cm³/mol. The third-order valence-corrected chi connectivity index (χ3v) is 8.15. The molecule has 0 radical (unpaired) electrons. The largest absolute Gasteiger partial charge is 0.481 e. The molecule has 2 bridgehead atoms. The average molecular weight is 480 g/mol. The van der Waals surface area contributed by atoms with Gasteiger partial charge in [0.1, 0.15) is 23.2 Å². The van der Waals surface area contributed by atoms with Crippen LogP contribution in [-0.4, -0.2) is 38.1 Å². The van der Waals surface area contributed by atoms with Crippen LogP contribution in [0.3, 0.4) is 0 Å². The maximum absolute atomic E-state index is 13.5. The van der Waals surface area contributed by atoms with Crippen molar-refractivity contribution in [3.8, 4) is 0 Å². The monoisotopic (exact) mass is 479 g/mol. The molecule has 3 aromatic rings. The molecule has 2 heterocycles. The lowest BCUT2D eigenvalue weighted by molar-refractivity contribution is -0.158. The van der Waals surface area contributed by atoms with E-state index in [-0.39, 0.29) is 29.4 Å². The van der Waals surface area contributed by atoms with Gasteiger partial charge in [-0.25, -0.2) is 14.4 Å². The van der Waals surface area contributed by atoms with Gasteiger partial charge in [0.15, 0.2) is 5.69 Å². The van der Waals surface area contributed by atoms with Crippen LogP contribution in [0.25, 0.3) is 11.0 Å². The van der Waals surface area contributed by atoms with Crippen molar-refractivity contribution in [1.29, 1.82) is 0 Å². The minimum Gasteiger partial charge on any atom is -0.481 e. The second kappa shape index (κ2) is 8.62. The number of carbonyl (C=O) groups excluding carboxylic acids is 1. The lowest BCUT2D eigenvalue weighted by Gasteiger charge is -2.51. The normalized spacial score (nSPS) is 23.4. The van der Waals surface area contributed by atoms with Gasteiger partial charge in [-0.3, -0.25) is 9.59 Å². The molecule has 0 saturated heterocycles. The van der Waals surface area contributed by atoms with E-state index in [1.54, 1.807) is 19.1 Å². The summed E-state index contributed by atoms with van der Waals surface area (Å²) in [6.45, 7) is 2.70. The second-order valence-electron chi connectivity index (χ2n) is 10.3. The number of carboxylic acid groups (broad SMARTS) is 1. The van der Waals surface area contributed by atoms with Crippen molar-refractivity contribution in [1.82, 2.24) is 19.9 Å². The molecule has 0 spiro atoms. The summed E-state index contributed by atoms with van der Waals surface area (Å²) < 4.78 is 15.4. The number of hydrogen-bond acceptors (Lipinski definition) is 5. The quantitative estimate of drug-likeness (QED) is 0.469. The molecule has 9 heteroatoms. The van der Waals surface area contributed by atoms with Crippen LogP contribution in [0.4, 0.5) is 10.1 Å². The van der Waals surface area contributed by atoms with Crippen LogP contribution < -0.4 is 10.6 Å². The van der Waals surface area contributed by atoms with Crippen molar-refractivity contribution in [2.75, 3.05) is 11.9 Å². The molecule has 0 aliphatic heterocycles. The molecule has 3 aliphatic rings. The van der Waals surface area contributed by atoms with Gasteiger partial charge in [-0.05, 0) is 68.1 Å². The van der Waals surface area contributed by atoms with Gasteiger partial charge in [0.2, 0.25) is 0 Å². The van der Waals surface area contributed by atoms with Gasteiger partial charge in [0.05, 0.1) is 11.1 Å². The Morgan fingerprint density at radius 3 is 2.51 bits per heavy atom. The number of hydrogen-bond donors (Lipinski definition) is 3. The highest BCUT2D eigenvalue weighted by Crippen LogP contribution is 2.57. The summed E-state index contributed by atoms with van der Waals surface area (Å²) in [6, 6.07) is 4.76.